The van der Waals surface area contributed by atoms with Crippen LogP contribution in [0.2, 0.25) is 5.15 Å². The molecule has 1 N–H and O–H groups in total. The zero-order chi connectivity index (χ0) is 15.6. The molecule has 0 aromatic carbocycles. The molecule has 0 radical (unpaired) electrons. The van der Waals surface area contributed by atoms with Crippen LogP contribution in [0.15, 0.2) is 29.7 Å². The summed E-state index contributed by atoms with van der Waals surface area (Å²) in [5.74, 6) is -0.460. The molecule has 2 aromatic rings. The average molecular weight is 332 g/mol. The van der Waals surface area contributed by atoms with Gasteiger partial charge in [0, 0.05) is 18.8 Å². The van der Waals surface area contributed by atoms with E-state index in [9.17, 15) is 18.5 Å². The average Bonchev–Trinajstić information content (AvgIpc) is 2.87. The molecule has 21 heavy (non-hydrogen) atoms. The van der Waals surface area contributed by atoms with Crippen LogP contribution in [0.1, 0.15) is 6.92 Å². The number of aromatic nitrogens is 3. The Labute approximate surface area is 124 Å². The lowest BCUT2D eigenvalue weighted by molar-refractivity contribution is -0.384. The van der Waals surface area contributed by atoms with Crippen LogP contribution in [-0.2, 0) is 16.6 Å². The van der Waals surface area contributed by atoms with E-state index in [2.05, 4.69) is 9.97 Å². The first-order valence-electron chi connectivity index (χ1n) is 5.69. The molecule has 2 heterocycles. The highest BCUT2D eigenvalue weighted by molar-refractivity contribution is 7.92. The van der Waals surface area contributed by atoms with Crippen molar-refractivity contribution < 1.29 is 13.3 Å². The fourth-order valence-corrected chi connectivity index (χ4v) is 2.60. The van der Waals surface area contributed by atoms with Crippen molar-refractivity contribution in [1.29, 1.82) is 0 Å². The van der Waals surface area contributed by atoms with E-state index in [1.54, 1.807) is 4.57 Å². The van der Waals surface area contributed by atoms with Crippen LogP contribution in [0.3, 0.4) is 0 Å². The van der Waals surface area contributed by atoms with Crippen molar-refractivity contribution in [3.05, 3.63) is 39.9 Å². The van der Waals surface area contributed by atoms with E-state index in [0.717, 1.165) is 6.07 Å². The van der Waals surface area contributed by atoms with Gasteiger partial charge in [0.25, 0.3) is 10.0 Å². The van der Waals surface area contributed by atoms with Crippen LogP contribution < -0.4 is 4.72 Å². The molecule has 0 saturated heterocycles. The third kappa shape index (κ3) is 3.28. The number of halogens is 1. The Kier molecular flexibility index (Phi) is 4.09. The molecule has 2 rings (SSSR count). The minimum atomic E-state index is -4.08. The van der Waals surface area contributed by atoms with Crippen LogP contribution in [0.5, 0.6) is 0 Å². The highest BCUT2D eigenvalue weighted by atomic mass is 35.5. The largest absolute Gasteiger partial charge is 0.336 e. The monoisotopic (exact) mass is 331 g/mol. The quantitative estimate of drug-likeness (QED) is 0.505. The maximum atomic E-state index is 12.1. The summed E-state index contributed by atoms with van der Waals surface area (Å²) in [7, 11) is -4.08. The lowest BCUT2D eigenvalue weighted by atomic mass is 10.4. The Hall–Kier alpha value is -2.20. The van der Waals surface area contributed by atoms with Crippen LogP contribution in [-0.4, -0.2) is 27.9 Å². The van der Waals surface area contributed by atoms with Gasteiger partial charge in [0.15, 0.2) is 5.03 Å². The Balaban J connectivity index is 2.41. The molecule has 0 amide bonds. The van der Waals surface area contributed by atoms with Crippen molar-refractivity contribution in [2.24, 2.45) is 0 Å². The van der Waals surface area contributed by atoms with Crippen molar-refractivity contribution in [2.75, 3.05) is 4.72 Å². The SMILES string of the molecule is CCn1cnc(S(=O)(=O)Nc2nc(Cl)ccc2[N+](=O)[O-])c1. The third-order valence-corrected chi connectivity index (χ3v) is 3.95. The molecule has 11 heteroatoms. The first kappa shape index (κ1) is 15.2. The predicted octanol–water partition coefficient (Wildman–Crippen LogP) is 1.66. The van der Waals surface area contributed by atoms with E-state index in [0.29, 0.717) is 6.54 Å². The van der Waals surface area contributed by atoms with Crippen molar-refractivity contribution in [3.8, 4) is 0 Å². The molecule has 112 valence electrons. The first-order chi connectivity index (χ1) is 9.83. The van der Waals surface area contributed by atoms with Gasteiger partial charge in [-0.15, -0.1) is 0 Å². The number of hydrogen-bond donors (Lipinski definition) is 1. The summed E-state index contributed by atoms with van der Waals surface area (Å²) in [5.41, 5.74) is -0.502. The van der Waals surface area contributed by atoms with Crippen LogP contribution in [0.4, 0.5) is 11.5 Å². The van der Waals surface area contributed by atoms with Gasteiger partial charge in [0.1, 0.15) is 5.15 Å². The Morgan fingerprint density at radius 2 is 2.19 bits per heavy atom. The highest BCUT2D eigenvalue weighted by Crippen LogP contribution is 2.26. The second-order valence-electron chi connectivity index (χ2n) is 3.91. The van der Waals surface area contributed by atoms with Crippen molar-refractivity contribution in [2.45, 2.75) is 18.5 Å². The molecular formula is C10H10ClN5O4S. The van der Waals surface area contributed by atoms with Gasteiger partial charge < -0.3 is 4.57 Å². The zero-order valence-corrected chi connectivity index (χ0v) is 12.3. The third-order valence-electron chi connectivity index (χ3n) is 2.52. The molecule has 0 bridgehead atoms. The number of nitrogens with zero attached hydrogens (tertiary/aromatic N) is 4. The topological polar surface area (TPSA) is 120 Å². The number of hydrogen-bond acceptors (Lipinski definition) is 6. The minimum absolute atomic E-state index is 0.0719. The Bertz CT molecular complexity index is 788. The standard InChI is InChI=1S/C10H10ClN5O4S/c1-2-15-5-9(12-6-15)21(19,20)14-10-7(16(17)18)3-4-8(11)13-10/h3-6H,2H2,1H3,(H,13,14). The lowest BCUT2D eigenvalue weighted by Crippen LogP contribution is -2.15. The van der Waals surface area contributed by atoms with Crippen LogP contribution in [0, 0.1) is 10.1 Å². The molecule has 2 aromatic heterocycles. The summed E-state index contributed by atoms with van der Waals surface area (Å²) >= 11 is 5.63. The smallest absolute Gasteiger partial charge is 0.312 e. The predicted molar refractivity (Wildman–Crippen MR) is 74.6 cm³/mol. The van der Waals surface area contributed by atoms with Gasteiger partial charge in [-0.3, -0.25) is 14.8 Å². The van der Waals surface area contributed by atoms with E-state index < -0.39 is 26.5 Å². The number of nitro groups is 1. The van der Waals surface area contributed by atoms with Gasteiger partial charge in [-0.05, 0) is 13.0 Å². The fourth-order valence-electron chi connectivity index (χ4n) is 1.48. The van der Waals surface area contributed by atoms with E-state index in [1.807, 2.05) is 11.6 Å². The molecule has 0 atom stereocenters. The molecule has 9 nitrogen and oxygen atoms in total. The number of nitrogens with one attached hydrogen (secondary N) is 1. The molecule has 0 saturated carbocycles. The van der Waals surface area contributed by atoms with E-state index in [4.69, 9.17) is 11.6 Å². The van der Waals surface area contributed by atoms with E-state index in [1.165, 1.54) is 18.6 Å². The summed E-state index contributed by atoms with van der Waals surface area (Å²) in [6.07, 6.45) is 2.65. The van der Waals surface area contributed by atoms with Crippen LogP contribution in [0.25, 0.3) is 0 Å². The van der Waals surface area contributed by atoms with Crippen molar-refractivity contribution in [3.63, 3.8) is 0 Å². The molecule has 0 spiro atoms. The van der Waals surface area contributed by atoms with Crippen LogP contribution >= 0.6 is 11.6 Å². The second-order valence-corrected chi connectivity index (χ2v) is 5.92. The summed E-state index contributed by atoms with van der Waals surface area (Å²) < 4.78 is 27.8. The maximum Gasteiger partial charge on any atom is 0.312 e. The van der Waals surface area contributed by atoms with Gasteiger partial charge in [0.05, 0.1) is 11.3 Å². The van der Waals surface area contributed by atoms with Gasteiger partial charge in [0.2, 0.25) is 5.82 Å². The number of pyridine rings is 1. The summed E-state index contributed by atoms with van der Waals surface area (Å²) in [5, 5.41) is 10.5. The molecular weight excluding hydrogens is 322 g/mol. The first-order valence-corrected chi connectivity index (χ1v) is 7.55. The fraction of sp³-hybridized carbons (Fsp3) is 0.200. The summed E-state index contributed by atoms with van der Waals surface area (Å²) in [6, 6.07) is 2.27. The zero-order valence-electron chi connectivity index (χ0n) is 10.7. The Morgan fingerprint density at radius 1 is 1.48 bits per heavy atom. The number of sulfonamides is 1. The number of anilines is 1. The lowest BCUT2D eigenvalue weighted by Gasteiger charge is -2.05. The highest BCUT2D eigenvalue weighted by Gasteiger charge is 2.24. The minimum Gasteiger partial charge on any atom is -0.336 e. The van der Waals surface area contributed by atoms with E-state index >= 15 is 0 Å². The number of rotatable bonds is 5. The normalized spacial score (nSPS) is 11.3. The van der Waals surface area contributed by atoms with Gasteiger partial charge in [-0.25, -0.2) is 9.97 Å². The number of imidazole rings is 1. The van der Waals surface area contributed by atoms with Gasteiger partial charge in [-0.1, -0.05) is 11.6 Å². The second kappa shape index (κ2) is 5.66. The molecule has 0 unspecified atom stereocenters. The molecule has 0 fully saturated rings. The maximum absolute atomic E-state index is 12.1. The summed E-state index contributed by atoms with van der Waals surface area (Å²) in [4.78, 5) is 17.5. The Morgan fingerprint density at radius 3 is 2.76 bits per heavy atom. The molecule has 0 aliphatic rings. The number of aryl methyl sites for hydroxylation is 1. The van der Waals surface area contributed by atoms with Gasteiger partial charge in [-0.2, -0.15) is 8.42 Å². The molecule has 0 aliphatic heterocycles. The summed E-state index contributed by atoms with van der Waals surface area (Å²) in [6.45, 7) is 2.35. The van der Waals surface area contributed by atoms with Crippen molar-refractivity contribution >= 4 is 33.1 Å². The van der Waals surface area contributed by atoms with Crippen molar-refractivity contribution in [1.82, 2.24) is 14.5 Å². The van der Waals surface area contributed by atoms with E-state index in [-0.39, 0.29) is 10.2 Å². The molecule has 0 aliphatic carbocycles. The van der Waals surface area contributed by atoms with Gasteiger partial charge >= 0.3 is 5.69 Å².